The quantitative estimate of drug-likeness (QED) is 0.747. The minimum absolute atomic E-state index is 0.275. The molecule has 0 saturated carbocycles. The Balaban J connectivity index is 3.12. The first kappa shape index (κ1) is 10.8. The first-order valence-corrected chi connectivity index (χ1v) is 4.71. The summed E-state index contributed by atoms with van der Waals surface area (Å²) < 4.78 is 0. The molecule has 2 heteroatoms. The highest BCUT2D eigenvalue weighted by Crippen LogP contribution is 2.33. The largest absolute Gasteiger partial charge is 0.508 e. The molecule has 0 heterocycles. The Kier molecular flexibility index (Phi) is 2.94. The lowest BCUT2D eigenvalue weighted by Gasteiger charge is -2.23. The van der Waals surface area contributed by atoms with Crippen LogP contribution in [0.4, 0.5) is 0 Å². The second kappa shape index (κ2) is 3.82. The fourth-order valence-electron chi connectivity index (χ4n) is 1.53. The Bertz CT molecular complexity index is 340. The number of benzene rings is 1. The average molecular weight is 192 g/mol. The molecule has 0 unspecified atom stereocenters. The number of rotatable bonds is 3. The maximum atomic E-state index is 10.5. The minimum Gasteiger partial charge on any atom is -0.508 e. The van der Waals surface area contributed by atoms with E-state index in [1.165, 1.54) is 0 Å². The Morgan fingerprint density at radius 1 is 1.43 bits per heavy atom. The van der Waals surface area contributed by atoms with Crippen molar-refractivity contribution >= 4 is 6.29 Å². The summed E-state index contributed by atoms with van der Waals surface area (Å²) in [6, 6.07) is 5.55. The van der Waals surface area contributed by atoms with E-state index in [1.54, 1.807) is 6.07 Å². The number of phenols is 1. The summed E-state index contributed by atoms with van der Waals surface area (Å²) in [4.78, 5) is 10.5. The summed E-state index contributed by atoms with van der Waals surface area (Å²) in [6.45, 7) is 5.83. The fourth-order valence-corrected chi connectivity index (χ4v) is 1.53. The number of carbonyl (C=O) groups is 1. The standard InChI is InChI=1S/C12H16O2/c1-9-4-5-10(11(14)8-9)12(2,3)6-7-13/h4-5,7-8,14H,6H2,1-3H3. The summed E-state index contributed by atoms with van der Waals surface area (Å²) in [5, 5.41) is 9.74. The molecule has 0 spiro atoms. The third kappa shape index (κ3) is 2.13. The van der Waals surface area contributed by atoms with E-state index in [-0.39, 0.29) is 11.2 Å². The van der Waals surface area contributed by atoms with Crippen molar-refractivity contribution in [1.82, 2.24) is 0 Å². The van der Waals surface area contributed by atoms with Crippen molar-refractivity contribution in [3.8, 4) is 5.75 Å². The van der Waals surface area contributed by atoms with Gasteiger partial charge in [0.2, 0.25) is 0 Å². The van der Waals surface area contributed by atoms with E-state index in [4.69, 9.17) is 0 Å². The van der Waals surface area contributed by atoms with Crippen LogP contribution in [-0.2, 0) is 10.2 Å². The van der Waals surface area contributed by atoms with Gasteiger partial charge in [-0.3, -0.25) is 0 Å². The molecular weight excluding hydrogens is 176 g/mol. The molecule has 0 aliphatic rings. The molecule has 0 atom stereocenters. The normalized spacial score (nSPS) is 11.4. The molecule has 1 aromatic carbocycles. The van der Waals surface area contributed by atoms with Crippen LogP contribution in [0.25, 0.3) is 0 Å². The summed E-state index contributed by atoms with van der Waals surface area (Å²) in [7, 11) is 0. The maximum absolute atomic E-state index is 10.5. The van der Waals surface area contributed by atoms with Crippen LogP contribution in [0.3, 0.4) is 0 Å². The van der Waals surface area contributed by atoms with Gasteiger partial charge in [0, 0.05) is 6.42 Å². The molecule has 0 aliphatic carbocycles. The summed E-state index contributed by atoms with van der Waals surface area (Å²) in [5.74, 6) is 0.275. The molecule has 0 amide bonds. The van der Waals surface area contributed by atoms with E-state index in [1.807, 2.05) is 32.9 Å². The van der Waals surface area contributed by atoms with Gasteiger partial charge >= 0.3 is 0 Å². The molecule has 1 aromatic rings. The third-order valence-corrected chi connectivity index (χ3v) is 2.48. The van der Waals surface area contributed by atoms with Crippen molar-refractivity contribution < 1.29 is 9.90 Å². The van der Waals surface area contributed by atoms with Gasteiger partial charge in [-0.1, -0.05) is 26.0 Å². The first-order chi connectivity index (χ1) is 6.47. The molecule has 0 aliphatic heterocycles. The van der Waals surface area contributed by atoms with Gasteiger partial charge in [-0.2, -0.15) is 0 Å². The summed E-state index contributed by atoms with van der Waals surface area (Å²) >= 11 is 0. The van der Waals surface area contributed by atoms with E-state index in [0.717, 1.165) is 17.4 Å². The summed E-state index contributed by atoms with van der Waals surface area (Å²) in [5.41, 5.74) is 1.56. The van der Waals surface area contributed by atoms with Crippen LogP contribution in [-0.4, -0.2) is 11.4 Å². The van der Waals surface area contributed by atoms with Crippen molar-refractivity contribution in [3.63, 3.8) is 0 Å². The second-order valence-corrected chi connectivity index (χ2v) is 4.28. The average Bonchev–Trinajstić information content (AvgIpc) is 2.02. The number of aromatic hydroxyl groups is 1. The monoisotopic (exact) mass is 192 g/mol. The first-order valence-electron chi connectivity index (χ1n) is 4.71. The smallest absolute Gasteiger partial charge is 0.120 e. The van der Waals surface area contributed by atoms with Gasteiger partial charge in [0.25, 0.3) is 0 Å². The molecule has 0 aromatic heterocycles. The van der Waals surface area contributed by atoms with E-state index >= 15 is 0 Å². The lowest BCUT2D eigenvalue weighted by Crippen LogP contribution is -2.17. The molecule has 76 valence electrons. The number of hydrogen-bond acceptors (Lipinski definition) is 2. The molecule has 0 saturated heterocycles. The van der Waals surface area contributed by atoms with Crippen molar-refractivity contribution in [2.75, 3.05) is 0 Å². The Morgan fingerprint density at radius 3 is 2.57 bits per heavy atom. The molecular formula is C12H16O2. The van der Waals surface area contributed by atoms with Gasteiger partial charge in [-0.05, 0) is 29.5 Å². The highest BCUT2D eigenvalue weighted by molar-refractivity contribution is 5.54. The molecule has 1 N–H and O–H groups in total. The SMILES string of the molecule is Cc1ccc(C(C)(C)CC=O)c(O)c1. The van der Waals surface area contributed by atoms with Crippen LogP contribution in [0.15, 0.2) is 18.2 Å². The van der Waals surface area contributed by atoms with Crippen molar-refractivity contribution in [2.45, 2.75) is 32.6 Å². The Hall–Kier alpha value is -1.31. The molecule has 0 fully saturated rings. The van der Waals surface area contributed by atoms with Crippen LogP contribution < -0.4 is 0 Å². The Labute approximate surface area is 84.6 Å². The number of phenolic OH excluding ortho intramolecular Hbond substituents is 1. The minimum atomic E-state index is -0.292. The van der Waals surface area contributed by atoms with Crippen LogP contribution in [0.5, 0.6) is 5.75 Å². The van der Waals surface area contributed by atoms with Crippen LogP contribution >= 0.6 is 0 Å². The molecule has 0 bridgehead atoms. The molecule has 1 rings (SSSR count). The molecule has 2 nitrogen and oxygen atoms in total. The van der Waals surface area contributed by atoms with Crippen molar-refractivity contribution in [2.24, 2.45) is 0 Å². The molecule has 0 radical (unpaired) electrons. The predicted molar refractivity (Wildman–Crippen MR) is 56.6 cm³/mol. The number of aldehydes is 1. The highest BCUT2D eigenvalue weighted by atomic mass is 16.3. The zero-order valence-corrected chi connectivity index (χ0v) is 8.87. The lowest BCUT2D eigenvalue weighted by atomic mass is 9.81. The predicted octanol–water partition coefficient (Wildman–Crippen LogP) is 2.57. The van der Waals surface area contributed by atoms with E-state index in [2.05, 4.69) is 0 Å². The van der Waals surface area contributed by atoms with Gasteiger partial charge in [0.15, 0.2) is 0 Å². The highest BCUT2D eigenvalue weighted by Gasteiger charge is 2.23. The van der Waals surface area contributed by atoms with E-state index < -0.39 is 0 Å². The van der Waals surface area contributed by atoms with Gasteiger partial charge in [-0.15, -0.1) is 0 Å². The second-order valence-electron chi connectivity index (χ2n) is 4.28. The van der Waals surface area contributed by atoms with Crippen LogP contribution in [0.2, 0.25) is 0 Å². The van der Waals surface area contributed by atoms with Gasteiger partial charge in [-0.25, -0.2) is 0 Å². The zero-order chi connectivity index (χ0) is 10.8. The summed E-state index contributed by atoms with van der Waals surface area (Å²) in [6.07, 6.45) is 1.31. The Morgan fingerprint density at radius 2 is 2.07 bits per heavy atom. The van der Waals surface area contributed by atoms with Crippen molar-refractivity contribution in [3.05, 3.63) is 29.3 Å². The molecule has 14 heavy (non-hydrogen) atoms. The topological polar surface area (TPSA) is 37.3 Å². The number of aryl methyl sites for hydroxylation is 1. The maximum Gasteiger partial charge on any atom is 0.120 e. The lowest BCUT2D eigenvalue weighted by molar-refractivity contribution is -0.108. The van der Waals surface area contributed by atoms with E-state index in [0.29, 0.717) is 6.42 Å². The van der Waals surface area contributed by atoms with E-state index in [9.17, 15) is 9.90 Å². The number of carbonyl (C=O) groups excluding carboxylic acids is 1. The van der Waals surface area contributed by atoms with Crippen LogP contribution in [0.1, 0.15) is 31.4 Å². The number of hydrogen-bond donors (Lipinski definition) is 1. The zero-order valence-electron chi connectivity index (χ0n) is 8.87. The van der Waals surface area contributed by atoms with Gasteiger partial charge in [0.1, 0.15) is 12.0 Å². The van der Waals surface area contributed by atoms with Gasteiger partial charge in [0.05, 0.1) is 0 Å². The third-order valence-electron chi connectivity index (χ3n) is 2.48. The van der Waals surface area contributed by atoms with Crippen LogP contribution in [0, 0.1) is 6.92 Å². The van der Waals surface area contributed by atoms with Crippen molar-refractivity contribution in [1.29, 1.82) is 0 Å². The fraction of sp³-hybridized carbons (Fsp3) is 0.417. The van der Waals surface area contributed by atoms with Gasteiger partial charge < -0.3 is 9.90 Å².